The van der Waals surface area contributed by atoms with E-state index in [0.717, 1.165) is 53.4 Å². The van der Waals surface area contributed by atoms with Crippen LogP contribution in [0.25, 0.3) is 10.6 Å². The number of carbonyl (C=O) groups excluding carboxylic acids is 2. The topological polar surface area (TPSA) is 75.2 Å². The van der Waals surface area contributed by atoms with Gasteiger partial charge in [0.05, 0.1) is 0 Å². The molecule has 2 aliphatic rings. The van der Waals surface area contributed by atoms with Crippen LogP contribution in [-0.4, -0.2) is 39.5 Å². The van der Waals surface area contributed by atoms with Crippen LogP contribution in [0.15, 0.2) is 35.9 Å². The summed E-state index contributed by atoms with van der Waals surface area (Å²) in [6, 6.07) is 7.25. The lowest BCUT2D eigenvalue weighted by Crippen LogP contribution is -2.50. The van der Waals surface area contributed by atoms with Crippen molar-refractivity contribution in [2.24, 2.45) is 0 Å². The Morgan fingerprint density at radius 1 is 1.20 bits per heavy atom. The number of rotatable bonds is 5. The van der Waals surface area contributed by atoms with Crippen molar-refractivity contribution in [3.8, 4) is 10.6 Å². The number of hydrogen-bond donors (Lipinski definition) is 1. The van der Waals surface area contributed by atoms with E-state index in [1.54, 1.807) is 4.90 Å². The average Bonchev–Trinajstić information content (AvgIpc) is 3.21. The highest BCUT2D eigenvalue weighted by atomic mass is 32.1. The van der Waals surface area contributed by atoms with E-state index in [2.05, 4.69) is 21.6 Å². The maximum absolute atomic E-state index is 13.1. The molecule has 1 atom stereocenters. The Morgan fingerprint density at radius 3 is 2.87 bits per heavy atom. The highest BCUT2D eigenvalue weighted by Gasteiger charge is 2.32. The summed E-state index contributed by atoms with van der Waals surface area (Å²) in [5.41, 5.74) is 2.88. The summed E-state index contributed by atoms with van der Waals surface area (Å²) in [5.74, 6) is -0.0210. The maximum atomic E-state index is 13.1. The van der Waals surface area contributed by atoms with E-state index >= 15 is 0 Å². The minimum atomic E-state index is -0.400. The molecule has 0 saturated carbocycles. The van der Waals surface area contributed by atoms with Gasteiger partial charge in [-0.2, -0.15) is 0 Å². The number of benzene rings is 1. The lowest BCUT2D eigenvalue weighted by Gasteiger charge is -2.35. The Balaban J connectivity index is 1.44. The van der Waals surface area contributed by atoms with E-state index in [-0.39, 0.29) is 11.8 Å². The number of piperidine rings is 1. The summed E-state index contributed by atoms with van der Waals surface area (Å²) in [4.78, 5) is 27.8. The van der Waals surface area contributed by atoms with Gasteiger partial charge in [-0.05, 0) is 64.0 Å². The molecule has 2 amide bonds. The molecular weight excluding hydrogens is 396 g/mol. The smallest absolute Gasteiger partial charge is 0.247 e. The molecule has 0 unspecified atom stereocenters. The zero-order valence-electron chi connectivity index (χ0n) is 17.4. The highest BCUT2D eigenvalue weighted by molar-refractivity contribution is 7.14. The van der Waals surface area contributed by atoms with Gasteiger partial charge in [-0.25, -0.2) is 0 Å². The van der Waals surface area contributed by atoms with Crippen LogP contribution in [0.4, 0.5) is 5.69 Å². The lowest BCUT2D eigenvalue weighted by atomic mass is 9.95. The molecule has 4 rings (SSSR count). The number of nitrogens with one attached hydrogen (secondary N) is 1. The van der Waals surface area contributed by atoms with E-state index in [0.29, 0.717) is 19.4 Å². The Labute approximate surface area is 181 Å². The lowest BCUT2D eigenvalue weighted by molar-refractivity contribution is -0.139. The van der Waals surface area contributed by atoms with Crippen LogP contribution in [0.5, 0.6) is 0 Å². The van der Waals surface area contributed by atoms with Crippen molar-refractivity contribution >= 4 is 28.8 Å². The molecule has 2 aromatic rings. The Morgan fingerprint density at radius 2 is 2.10 bits per heavy atom. The number of aryl methyl sites for hydroxylation is 1. The number of aromatic nitrogens is 2. The second kappa shape index (κ2) is 9.51. The second-order valence-electron chi connectivity index (χ2n) is 8.08. The number of hydrogen-bond acceptors (Lipinski definition) is 5. The second-order valence-corrected chi connectivity index (χ2v) is 9.26. The van der Waals surface area contributed by atoms with Crippen LogP contribution in [-0.2, 0) is 9.59 Å². The van der Waals surface area contributed by atoms with Gasteiger partial charge in [-0.3, -0.25) is 9.59 Å². The summed E-state index contributed by atoms with van der Waals surface area (Å²) in [7, 11) is 0. The number of anilines is 1. The van der Waals surface area contributed by atoms with Crippen molar-refractivity contribution in [1.29, 1.82) is 0 Å². The summed E-state index contributed by atoms with van der Waals surface area (Å²) < 4.78 is 0. The minimum absolute atomic E-state index is 0.0843. The van der Waals surface area contributed by atoms with Gasteiger partial charge in [0.15, 0.2) is 0 Å². The predicted molar refractivity (Wildman–Crippen MR) is 119 cm³/mol. The number of carbonyl (C=O) groups is 2. The largest absolute Gasteiger partial charge is 0.330 e. The Bertz CT molecular complexity index is 952. The summed E-state index contributed by atoms with van der Waals surface area (Å²) in [6.07, 6.45) is 9.75. The van der Waals surface area contributed by atoms with E-state index in [4.69, 9.17) is 0 Å². The molecule has 158 valence electrons. The van der Waals surface area contributed by atoms with Crippen molar-refractivity contribution in [1.82, 2.24) is 15.1 Å². The molecule has 0 bridgehead atoms. The van der Waals surface area contributed by atoms with Crippen molar-refractivity contribution in [3.05, 3.63) is 40.9 Å². The molecule has 1 fully saturated rings. The van der Waals surface area contributed by atoms with Gasteiger partial charge >= 0.3 is 0 Å². The van der Waals surface area contributed by atoms with Crippen LogP contribution in [0, 0.1) is 6.92 Å². The van der Waals surface area contributed by atoms with Gasteiger partial charge in [0, 0.05) is 24.2 Å². The average molecular weight is 425 g/mol. The molecule has 1 aliphatic heterocycles. The fourth-order valence-corrected chi connectivity index (χ4v) is 4.92. The fourth-order valence-electron chi connectivity index (χ4n) is 4.23. The SMILES string of the molecule is Cc1nnc(-c2cccc(NC(=O)[C@H]3CCCCN3C(=O)CC3=CCCCC3)c2)s1. The van der Waals surface area contributed by atoms with E-state index in [1.165, 1.54) is 23.3 Å². The third-order valence-corrected chi connectivity index (χ3v) is 6.68. The number of likely N-dealkylation sites (tertiary alicyclic amines) is 1. The molecule has 1 aromatic heterocycles. The third kappa shape index (κ3) is 4.95. The number of amides is 2. The predicted octanol–water partition coefficient (Wildman–Crippen LogP) is 4.72. The van der Waals surface area contributed by atoms with Crippen molar-refractivity contribution in [3.63, 3.8) is 0 Å². The zero-order chi connectivity index (χ0) is 20.9. The van der Waals surface area contributed by atoms with Crippen molar-refractivity contribution < 1.29 is 9.59 Å². The van der Waals surface area contributed by atoms with Gasteiger partial charge in [0.2, 0.25) is 11.8 Å². The Hall–Kier alpha value is -2.54. The molecular formula is C23H28N4O2S. The van der Waals surface area contributed by atoms with Crippen molar-refractivity contribution in [2.45, 2.75) is 64.3 Å². The van der Waals surface area contributed by atoms with Gasteiger partial charge in [0.25, 0.3) is 0 Å². The molecule has 30 heavy (non-hydrogen) atoms. The first-order valence-electron chi connectivity index (χ1n) is 10.8. The molecule has 1 saturated heterocycles. The van der Waals surface area contributed by atoms with Crippen LogP contribution in [0.3, 0.4) is 0 Å². The molecule has 0 spiro atoms. The van der Waals surface area contributed by atoms with E-state index < -0.39 is 6.04 Å². The zero-order valence-corrected chi connectivity index (χ0v) is 18.2. The summed E-state index contributed by atoms with van der Waals surface area (Å²) in [5, 5.41) is 13.0. The third-order valence-electron chi connectivity index (χ3n) is 5.79. The van der Waals surface area contributed by atoms with Crippen LogP contribution in [0.1, 0.15) is 56.4 Å². The van der Waals surface area contributed by atoms with Gasteiger partial charge in [-0.1, -0.05) is 35.1 Å². The standard InChI is InChI=1S/C23H28N4O2S/c1-16-25-26-23(30-16)18-10-7-11-19(15-18)24-22(29)20-12-5-6-13-27(20)21(28)14-17-8-3-2-4-9-17/h7-8,10-11,15,20H,2-6,9,12-14H2,1H3,(H,24,29)/t20-/m1/s1. The molecule has 1 N–H and O–H groups in total. The summed E-state index contributed by atoms with van der Waals surface area (Å²) >= 11 is 1.52. The van der Waals surface area contributed by atoms with E-state index in [9.17, 15) is 9.59 Å². The number of nitrogens with zero attached hydrogens (tertiary/aromatic N) is 3. The molecule has 0 radical (unpaired) electrons. The Kier molecular flexibility index (Phi) is 6.57. The van der Waals surface area contributed by atoms with Crippen LogP contribution >= 0.6 is 11.3 Å². The first-order chi connectivity index (χ1) is 14.6. The first-order valence-corrected chi connectivity index (χ1v) is 11.6. The quantitative estimate of drug-likeness (QED) is 0.705. The maximum Gasteiger partial charge on any atom is 0.247 e. The number of allylic oxidation sites excluding steroid dienone is 1. The molecule has 1 aromatic carbocycles. The normalized spacial score (nSPS) is 19.3. The molecule has 2 heterocycles. The van der Waals surface area contributed by atoms with Gasteiger partial charge in [0.1, 0.15) is 16.1 Å². The van der Waals surface area contributed by atoms with Crippen LogP contribution < -0.4 is 5.32 Å². The van der Waals surface area contributed by atoms with Crippen LogP contribution in [0.2, 0.25) is 0 Å². The molecule has 6 nitrogen and oxygen atoms in total. The highest BCUT2D eigenvalue weighted by Crippen LogP contribution is 2.27. The van der Waals surface area contributed by atoms with Gasteiger partial charge < -0.3 is 10.2 Å². The van der Waals surface area contributed by atoms with Crippen molar-refractivity contribution in [2.75, 3.05) is 11.9 Å². The fraction of sp³-hybridized carbons (Fsp3) is 0.478. The minimum Gasteiger partial charge on any atom is -0.330 e. The summed E-state index contributed by atoms with van der Waals surface area (Å²) in [6.45, 7) is 2.58. The van der Waals surface area contributed by atoms with Gasteiger partial charge in [-0.15, -0.1) is 10.2 Å². The molecule has 1 aliphatic carbocycles. The molecule has 7 heteroatoms. The first kappa shape index (κ1) is 20.7. The monoisotopic (exact) mass is 424 g/mol. The van der Waals surface area contributed by atoms with E-state index in [1.807, 2.05) is 31.2 Å².